The Morgan fingerprint density at radius 1 is 1.07 bits per heavy atom. The average Bonchev–Trinajstić information content (AvgIpc) is 3.12. The normalized spacial score (nSPS) is 14.2. The molecule has 0 amide bonds. The Balaban J connectivity index is 1.49. The molecule has 0 fully saturated rings. The van der Waals surface area contributed by atoms with Crippen molar-refractivity contribution in [3.05, 3.63) is 72.8 Å². The molecule has 5 heteroatoms. The maximum atomic E-state index is 4.69. The van der Waals surface area contributed by atoms with Gasteiger partial charge in [-0.3, -0.25) is 0 Å². The maximum absolute atomic E-state index is 4.69. The highest BCUT2D eigenvalue weighted by Gasteiger charge is 2.11. The van der Waals surface area contributed by atoms with Gasteiger partial charge in [-0.05, 0) is 50.5 Å². The number of fused-ring (bicyclic) bond motifs is 1. The molecule has 3 aromatic rings. The van der Waals surface area contributed by atoms with Crippen LogP contribution in [0.1, 0.15) is 12.0 Å². The summed E-state index contributed by atoms with van der Waals surface area (Å²) in [5, 5.41) is 4.51. The summed E-state index contributed by atoms with van der Waals surface area (Å²) in [7, 11) is 4.23. The molecular weight excluding hydrogens is 334 g/mol. The van der Waals surface area contributed by atoms with Gasteiger partial charge in [0.15, 0.2) is 5.65 Å². The third kappa shape index (κ3) is 3.93. The second-order valence-corrected chi connectivity index (χ2v) is 7.16. The molecule has 0 N–H and O–H groups in total. The van der Waals surface area contributed by atoms with Crippen molar-refractivity contribution >= 4 is 11.2 Å². The summed E-state index contributed by atoms with van der Waals surface area (Å²) in [5.41, 5.74) is 5.37. The van der Waals surface area contributed by atoms with Crippen molar-refractivity contribution in [3.8, 4) is 11.1 Å². The molecule has 0 aliphatic carbocycles. The zero-order chi connectivity index (χ0) is 18.6. The van der Waals surface area contributed by atoms with Gasteiger partial charge in [-0.1, -0.05) is 36.4 Å². The lowest BCUT2D eigenvalue weighted by Crippen LogP contribution is -2.24. The molecule has 0 atom stereocenters. The third-order valence-electron chi connectivity index (χ3n) is 4.84. The van der Waals surface area contributed by atoms with Crippen LogP contribution in [-0.4, -0.2) is 58.1 Å². The quantitative estimate of drug-likeness (QED) is 0.674. The summed E-state index contributed by atoms with van der Waals surface area (Å²) in [6, 6.07) is 10.3. The van der Waals surface area contributed by atoms with E-state index in [1.165, 1.54) is 12.0 Å². The Hall–Kier alpha value is -2.92. The molecule has 0 saturated heterocycles. The summed E-state index contributed by atoms with van der Waals surface area (Å²) in [4.78, 5) is 9.26. The highest BCUT2D eigenvalue weighted by atomic mass is 15.2. The summed E-state index contributed by atoms with van der Waals surface area (Å²) >= 11 is 0. The van der Waals surface area contributed by atoms with E-state index in [4.69, 9.17) is 0 Å². The molecule has 1 aliphatic rings. The zero-order valence-corrected chi connectivity index (χ0v) is 15.9. The predicted octanol–water partition coefficient (Wildman–Crippen LogP) is 3.56. The van der Waals surface area contributed by atoms with Gasteiger partial charge in [0, 0.05) is 36.6 Å². The summed E-state index contributed by atoms with van der Waals surface area (Å²) < 4.78 is 1.87. The fourth-order valence-electron chi connectivity index (χ4n) is 3.35. The first-order valence-corrected chi connectivity index (χ1v) is 9.37. The second kappa shape index (κ2) is 7.76. The maximum Gasteiger partial charge on any atom is 0.162 e. The van der Waals surface area contributed by atoms with Gasteiger partial charge >= 0.3 is 0 Å². The van der Waals surface area contributed by atoms with E-state index in [0.717, 1.165) is 42.0 Å². The lowest BCUT2D eigenvalue weighted by molar-refractivity contribution is 0.343. The molecule has 138 valence electrons. The molecule has 0 spiro atoms. The summed E-state index contributed by atoms with van der Waals surface area (Å²) in [6.45, 7) is 3.13. The van der Waals surface area contributed by atoms with E-state index in [-0.39, 0.29) is 0 Å². The third-order valence-corrected chi connectivity index (χ3v) is 4.84. The van der Waals surface area contributed by atoms with Gasteiger partial charge in [0.25, 0.3) is 0 Å². The van der Waals surface area contributed by atoms with Gasteiger partial charge in [-0.15, -0.1) is 0 Å². The second-order valence-electron chi connectivity index (χ2n) is 7.16. The first kappa shape index (κ1) is 17.5. The Labute approximate surface area is 160 Å². The smallest absolute Gasteiger partial charge is 0.162 e. The number of hydrogen-bond acceptors (Lipinski definition) is 4. The molecule has 0 saturated carbocycles. The largest absolute Gasteiger partial charge is 0.374 e. The Kier molecular flexibility index (Phi) is 5.03. The Bertz CT molecular complexity index is 969. The number of benzene rings is 1. The van der Waals surface area contributed by atoms with Crippen LogP contribution in [0.5, 0.6) is 0 Å². The monoisotopic (exact) mass is 359 g/mol. The molecule has 0 radical (unpaired) electrons. The van der Waals surface area contributed by atoms with Crippen molar-refractivity contribution in [1.82, 2.24) is 24.4 Å². The first-order valence-electron chi connectivity index (χ1n) is 9.37. The van der Waals surface area contributed by atoms with E-state index in [2.05, 4.69) is 70.7 Å². The van der Waals surface area contributed by atoms with Crippen LogP contribution in [0, 0.1) is 0 Å². The van der Waals surface area contributed by atoms with Crippen LogP contribution in [0.4, 0.5) is 0 Å². The van der Waals surface area contributed by atoms with Crippen molar-refractivity contribution in [2.45, 2.75) is 6.42 Å². The minimum atomic E-state index is 0.885. The fourth-order valence-corrected chi connectivity index (χ4v) is 3.35. The number of hydrogen-bond donors (Lipinski definition) is 0. The van der Waals surface area contributed by atoms with E-state index >= 15 is 0 Å². The Morgan fingerprint density at radius 2 is 1.93 bits per heavy atom. The van der Waals surface area contributed by atoms with Crippen molar-refractivity contribution < 1.29 is 0 Å². The molecule has 2 aromatic heterocycles. The van der Waals surface area contributed by atoms with E-state index in [9.17, 15) is 0 Å². The molecule has 4 rings (SSSR count). The standard InChI is InChI=1S/C22H25N5/c1-25(2)11-6-12-26-13-9-18(10-14-26)20-15-23-22-21(16-24-27(22)17-20)19-7-4-3-5-8-19/h3-5,7-10,13,15-17H,6,11-12,14H2,1-2H3. The topological polar surface area (TPSA) is 36.7 Å². The zero-order valence-electron chi connectivity index (χ0n) is 15.9. The van der Waals surface area contributed by atoms with E-state index in [1.807, 2.05) is 35.1 Å². The lowest BCUT2D eigenvalue weighted by Gasteiger charge is -2.23. The first-order chi connectivity index (χ1) is 13.2. The van der Waals surface area contributed by atoms with E-state index in [1.54, 1.807) is 0 Å². The van der Waals surface area contributed by atoms with Crippen LogP contribution in [0.25, 0.3) is 22.3 Å². The van der Waals surface area contributed by atoms with Gasteiger partial charge in [0.1, 0.15) is 0 Å². The van der Waals surface area contributed by atoms with Gasteiger partial charge in [0.2, 0.25) is 0 Å². The van der Waals surface area contributed by atoms with E-state index in [0.29, 0.717) is 0 Å². The van der Waals surface area contributed by atoms with E-state index < -0.39 is 0 Å². The van der Waals surface area contributed by atoms with Crippen LogP contribution in [-0.2, 0) is 0 Å². The highest BCUT2D eigenvalue weighted by molar-refractivity contribution is 5.79. The van der Waals surface area contributed by atoms with Crippen LogP contribution >= 0.6 is 0 Å². The summed E-state index contributed by atoms with van der Waals surface area (Å²) in [6.07, 6.45) is 13.7. The minimum absolute atomic E-state index is 0.885. The number of rotatable bonds is 6. The van der Waals surface area contributed by atoms with Crippen molar-refractivity contribution in [2.24, 2.45) is 0 Å². The molecular formula is C22H25N5. The molecule has 1 aromatic carbocycles. The van der Waals surface area contributed by atoms with Gasteiger partial charge < -0.3 is 9.80 Å². The number of nitrogens with zero attached hydrogens (tertiary/aromatic N) is 5. The molecule has 1 aliphatic heterocycles. The molecule has 3 heterocycles. The van der Waals surface area contributed by atoms with Gasteiger partial charge in [-0.25, -0.2) is 9.50 Å². The van der Waals surface area contributed by atoms with Crippen molar-refractivity contribution in [1.29, 1.82) is 0 Å². The number of allylic oxidation sites excluding steroid dienone is 2. The predicted molar refractivity (Wildman–Crippen MR) is 110 cm³/mol. The van der Waals surface area contributed by atoms with Crippen molar-refractivity contribution in [3.63, 3.8) is 0 Å². The van der Waals surface area contributed by atoms with Crippen LogP contribution in [0.2, 0.25) is 0 Å². The van der Waals surface area contributed by atoms with Crippen LogP contribution in [0.15, 0.2) is 67.3 Å². The molecule has 5 nitrogen and oxygen atoms in total. The minimum Gasteiger partial charge on any atom is -0.374 e. The average molecular weight is 359 g/mol. The molecule has 0 unspecified atom stereocenters. The summed E-state index contributed by atoms with van der Waals surface area (Å²) in [5.74, 6) is 0. The molecule has 0 bridgehead atoms. The van der Waals surface area contributed by atoms with Gasteiger partial charge in [-0.2, -0.15) is 5.10 Å². The number of aromatic nitrogens is 3. The van der Waals surface area contributed by atoms with Gasteiger partial charge in [0.05, 0.1) is 6.20 Å². The van der Waals surface area contributed by atoms with Crippen molar-refractivity contribution in [2.75, 3.05) is 33.7 Å². The highest BCUT2D eigenvalue weighted by Crippen LogP contribution is 2.25. The molecule has 27 heavy (non-hydrogen) atoms. The van der Waals surface area contributed by atoms with Crippen LogP contribution in [0.3, 0.4) is 0 Å². The fraction of sp³-hybridized carbons (Fsp3) is 0.273. The Morgan fingerprint density at radius 3 is 2.67 bits per heavy atom. The lowest BCUT2D eigenvalue weighted by atomic mass is 10.1. The SMILES string of the molecule is CN(C)CCCN1C=CC(c2cnc3c(-c4ccccc4)cnn3c2)=CC1. The van der Waals surface area contributed by atoms with Crippen LogP contribution < -0.4 is 0 Å².